The number of fused-ring (bicyclic) bond motifs is 1. The van der Waals surface area contributed by atoms with Gasteiger partial charge in [-0.1, -0.05) is 45.9 Å². The third-order valence-electron chi connectivity index (χ3n) is 6.95. The van der Waals surface area contributed by atoms with Crippen LogP contribution in [0.25, 0.3) is 5.57 Å². The second kappa shape index (κ2) is 6.83. The van der Waals surface area contributed by atoms with Crippen LogP contribution in [0, 0.1) is 6.92 Å². The first-order valence-electron chi connectivity index (χ1n) is 10.6. The van der Waals surface area contributed by atoms with Crippen LogP contribution in [-0.2, 0) is 22.0 Å². The Bertz CT molecular complexity index is 1010. The highest BCUT2D eigenvalue weighted by Crippen LogP contribution is 2.46. The molecule has 2 aliphatic carbocycles. The lowest BCUT2D eigenvalue weighted by molar-refractivity contribution is -0.113. The van der Waals surface area contributed by atoms with Crippen LogP contribution >= 0.6 is 0 Å². The average molecular weight is 390 g/mol. The minimum Gasteiger partial charge on any atom is -0.512 e. The standard InChI is InChI=1S/C26H31NO2/c1-16-12-20-21(26(4,5)11-10-25(20,2)3)14-18(16)13-19-7-6-17(15-27-19)24-22(28)8-9-23(24)29/h6-7,12,14-15,28H,8-11,13H2,1-5H3. The van der Waals surface area contributed by atoms with Gasteiger partial charge < -0.3 is 5.11 Å². The van der Waals surface area contributed by atoms with Crippen LogP contribution in [-0.4, -0.2) is 15.9 Å². The minimum atomic E-state index is 0.00688. The van der Waals surface area contributed by atoms with Gasteiger partial charge in [0.1, 0.15) is 5.76 Å². The van der Waals surface area contributed by atoms with Crippen LogP contribution in [0.15, 0.2) is 36.2 Å². The zero-order chi connectivity index (χ0) is 21.0. The Labute approximate surface area is 173 Å². The molecule has 2 aliphatic rings. The molecule has 1 heterocycles. The van der Waals surface area contributed by atoms with Crippen molar-refractivity contribution < 1.29 is 9.90 Å². The Hall–Kier alpha value is -2.42. The van der Waals surface area contributed by atoms with Gasteiger partial charge in [0.2, 0.25) is 0 Å². The Morgan fingerprint density at radius 2 is 1.66 bits per heavy atom. The molecule has 1 N–H and O–H groups in total. The number of carbonyl (C=O) groups is 1. The maximum absolute atomic E-state index is 12.0. The normalized spacial score (nSPS) is 20.1. The summed E-state index contributed by atoms with van der Waals surface area (Å²) in [5.74, 6) is 0.201. The molecule has 0 saturated carbocycles. The first-order valence-corrected chi connectivity index (χ1v) is 10.6. The van der Waals surface area contributed by atoms with Gasteiger partial charge in [0.25, 0.3) is 0 Å². The number of aryl methyl sites for hydroxylation is 1. The van der Waals surface area contributed by atoms with E-state index in [2.05, 4.69) is 51.7 Å². The molecule has 0 spiro atoms. The van der Waals surface area contributed by atoms with Crippen LogP contribution in [0.3, 0.4) is 0 Å². The molecule has 0 atom stereocenters. The molecule has 1 aromatic heterocycles. The van der Waals surface area contributed by atoms with E-state index < -0.39 is 0 Å². The second-order valence-electron chi connectivity index (χ2n) is 10.1. The van der Waals surface area contributed by atoms with Gasteiger partial charge in [-0.3, -0.25) is 9.78 Å². The van der Waals surface area contributed by atoms with Gasteiger partial charge in [0.15, 0.2) is 5.78 Å². The smallest absolute Gasteiger partial charge is 0.167 e. The van der Waals surface area contributed by atoms with Crippen molar-refractivity contribution in [2.24, 2.45) is 0 Å². The molecule has 0 bridgehead atoms. The molecule has 0 unspecified atom stereocenters. The zero-order valence-electron chi connectivity index (χ0n) is 18.2. The molecular weight excluding hydrogens is 358 g/mol. The molecule has 29 heavy (non-hydrogen) atoms. The fourth-order valence-corrected chi connectivity index (χ4v) is 4.80. The van der Waals surface area contributed by atoms with Gasteiger partial charge in [-0.05, 0) is 58.9 Å². The number of pyridine rings is 1. The first kappa shape index (κ1) is 19.9. The molecule has 0 fully saturated rings. The van der Waals surface area contributed by atoms with Crippen molar-refractivity contribution in [3.8, 4) is 0 Å². The zero-order valence-corrected chi connectivity index (χ0v) is 18.2. The molecule has 152 valence electrons. The van der Waals surface area contributed by atoms with Gasteiger partial charge >= 0.3 is 0 Å². The van der Waals surface area contributed by atoms with E-state index in [1.54, 1.807) is 6.20 Å². The van der Waals surface area contributed by atoms with Crippen molar-refractivity contribution in [1.82, 2.24) is 4.98 Å². The lowest BCUT2D eigenvalue weighted by atomic mass is 9.62. The second-order valence-corrected chi connectivity index (χ2v) is 10.1. The highest BCUT2D eigenvalue weighted by molar-refractivity contribution is 6.23. The summed E-state index contributed by atoms with van der Waals surface area (Å²) in [4.78, 5) is 16.6. The van der Waals surface area contributed by atoms with Crippen molar-refractivity contribution >= 4 is 11.4 Å². The lowest BCUT2D eigenvalue weighted by Gasteiger charge is -2.42. The molecule has 0 saturated heterocycles. The van der Waals surface area contributed by atoms with Crippen molar-refractivity contribution in [3.05, 3.63) is 69.7 Å². The molecule has 0 radical (unpaired) electrons. The summed E-state index contributed by atoms with van der Waals surface area (Å²) in [6.45, 7) is 11.6. The number of aliphatic hydroxyl groups is 1. The topological polar surface area (TPSA) is 50.2 Å². The summed E-state index contributed by atoms with van der Waals surface area (Å²) in [6, 6.07) is 8.68. The van der Waals surface area contributed by atoms with Gasteiger partial charge in [0.05, 0.1) is 5.57 Å². The van der Waals surface area contributed by atoms with E-state index in [9.17, 15) is 9.90 Å². The SMILES string of the molecule is Cc1cc2c(cc1Cc1ccc(C3=C(O)CCC3=O)cn1)C(C)(C)CCC2(C)C. The highest BCUT2D eigenvalue weighted by atomic mass is 16.3. The number of aliphatic hydroxyl groups excluding tert-OH is 1. The summed E-state index contributed by atoms with van der Waals surface area (Å²) < 4.78 is 0. The molecule has 1 aromatic carbocycles. The summed E-state index contributed by atoms with van der Waals surface area (Å²) in [6.07, 6.45) is 5.75. The number of nitrogens with zero attached hydrogens (tertiary/aromatic N) is 1. The number of hydrogen-bond acceptors (Lipinski definition) is 3. The number of carbonyl (C=O) groups excluding carboxylic acids is 1. The van der Waals surface area contributed by atoms with Crippen LogP contribution < -0.4 is 0 Å². The largest absolute Gasteiger partial charge is 0.512 e. The van der Waals surface area contributed by atoms with Crippen LogP contribution in [0.4, 0.5) is 0 Å². The van der Waals surface area contributed by atoms with E-state index in [0.29, 0.717) is 18.4 Å². The maximum atomic E-state index is 12.0. The van der Waals surface area contributed by atoms with Crippen LogP contribution in [0.2, 0.25) is 0 Å². The van der Waals surface area contributed by atoms with Gasteiger partial charge in [0, 0.05) is 36.7 Å². The van der Waals surface area contributed by atoms with E-state index in [1.807, 2.05) is 12.1 Å². The van der Waals surface area contributed by atoms with Gasteiger partial charge in [-0.25, -0.2) is 0 Å². The van der Waals surface area contributed by atoms with E-state index in [1.165, 1.54) is 35.1 Å². The summed E-state index contributed by atoms with van der Waals surface area (Å²) in [7, 11) is 0. The third kappa shape index (κ3) is 3.52. The number of rotatable bonds is 3. The highest BCUT2D eigenvalue weighted by Gasteiger charge is 2.37. The Kier molecular flexibility index (Phi) is 4.68. The van der Waals surface area contributed by atoms with Crippen molar-refractivity contribution in [2.45, 2.75) is 77.6 Å². The quantitative estimate of drug-likeness (QED) is 0.704. The van der Waals surface area contributed by atoms with E-state index in [0.717, 1.165) is 17.7 Å². The molecule has 3 nitrogen and oxygen atoms in total. The average Bonchev–Trinajstić information content (AvgIpc) is 2.99. The van der Waals surface area contributed by atoms with Crippen molar-refractivity contribution in [2.75, 3.05) is 0 Å². The lowest BCUT2D eigenvalue weighted by Crippen LogP contribution is -2.34. The van der Waals surface area contributed by atoms with E-state index in [4.69, 9.17) is 0 Å². The Balaban J connectivity index is 1.65. The summed E-state index contributed by atoms with van der Waals surface area (Å²) in [5, 5.41) is 9.99. The molecule has 2 aromatic rings. The first-order chi connectivity index (χ1) is 13.6. The van der Waals surface area contributed by atoms with E-state index >= 15 is 0 Å². The molecule has 0 aliphatic heterocycles. The summed E-state index contributed by atoms with van der Waals surface area (Å²) >= 11 is 0. The fraction of sp³-hybridized carbons (Fsp3) is 0.462. The number of Topliss-reactive ketones (excluding diaryl/α,β-unsaturated/α-hetero) is 1. The van der Waals surface area contributed by atoms with Gasteiger partial charge in [-0.2, -0.15) is 0 Å². The number of ketones is 1. The Morgan fingerprint density at radius 3 is 2.21 bits per heavy atom. The minimum absolute atomic E-state index is 0.00688. The van der Waals surface area contributed by atoms with Gasteiger partial charge in [-0.15, -0.1) is 0 Å². The predicted molar refractivity (Wildman–Crippen MR) is 117 cm³/mol. The van der Waals surface area contributed by atoms with Crippen molar-refractivity contribution in [1.29, 1.82) is 0 Å². The number of aromatic nitrogens is 1. The molecular formula is C26H31NO2. The Morgan fingerprint density at radius 1 is 1.00 bits per heavy atom. The van der Waals surface area contributed by atoms with Crippen molar-refractivity contribution in [3.63, 3.8) is 0 Å². The van der Waals surface area contributed by atoms with Crippen LogP contribution in [0.5, 0.6) is 0 Å². The number of hydrogen-bond donors (Lipinski definition) is 1. The number of allylic oxidation sites excluding steroid dienone is 2. The van der Waals surface area contributed by atoms with E-state index in [-0.39, 0.29) is 22.4 Å². The third-order valence-corrected chi connectivity index (χ3v) is 6.95. The summed E-state index contributed by atoms with van der Waals surface area (Å²) in [5.41, 5.74) is 8.14. The maximum Gasteiger partial charge on any atom is 0.167 e. The predicted octanol–water partition coefficient (Wildman–Crippen LogP) is 5.96. The molecule has 0 amide bonds. The fourth-order valence-electron chi connectivity index (χ4n) is 4.80. The monoisotopic (exact) mass is 389 g/mol. The van der Waals surface area contributed by atoms with Crippen LogP contribution in [0.1, 0.15) is 86.9 Å². The molecule has 3 heteroatoms. The molecule has 4 rings (SSSR count). The number of benzene rings is 1.